The molecular formula is C21H22BrN3O4S. The number of rotatable bonds is 5. The highest BCUT2D eigenvalue weighted by atomic mass is 79.9. The number of methoxy groups -OCH3 is 1. The highest BCUT2D eigenvalue weighted by molar-refractivity contribution is 9.10. The zero-order chi connectivity index (χ0) is 21.8. The average molecular weight is 492 g/mol. The fraction of sp³-hybridized carbons (Fsp3) is 0.286. The summed E-state index contributed by atoms with van der Waals surface area (Å²) in [6, 6.07) is 11.7. The number of thioether (sulfide) groups is 1. The van der Waals surface area contributed by atoms with Crippen molar-refractivity contribution in [3.63, 3.8) is 0 Å². The van der Waals surface area contributed by atoms with E-state index < -0.39 is 5.37 Å². The quantitative estimate of drug-likeness (QED) is 0.672. The topological polar surface area (TPSA) is 80.2 Å². The molecule has 2 aromatic carbocycles. The van der Waals surface area contributed by atoms with Crippen molar-refractivity contribution in [1.82, 2.24) is 10.3 Å². The smallest absolute Gasteiger partial charge is 0.241 e. The second-order valence-corrected chi connectivity index (χ2v) is 8.59. The van der Waals surface area contributed by atoms with Crippen LogP contribution in [0.3, 0.4) is 0 Å². The Labute approximate surface area is 187 Å². The van der Waals surface area contributed by atoms with Crippen LogP contribution in [-0.4, -0.2) is 29.1 Å². The van der Waals surface area contributed by atoms with Crippen molar-refractivity contribution in [3.05, 3.63) is 57.6 Å². The van der Waals surface area contributed by atoms with Gasteiger partial charge in [-0.15, -0.1) is 5.10 Å². The number of amides is 2. The first kappa shape index (κ1) is 22.2. The Balaban J connectivity index is 1.87. The van der Waals surface area contributed by atoms with Gasteiger partial charge in [0.25, 0.3) is 0 Å². The van der Waals surface area contributed by atoms with Gasteiger partial charge in [-0.2, -0.15) is 0 Å². The number of hydrogen-bond donors (Lipinski definition) is 1. The van der Waals surface area contributed by atoms with Gasteiger partial charge in [0.2, 0.25) is 11.8 Å². The van der Waals surface area contributed by atoms with Crippen molar-refractivity contribution >= 4 is 44.7 Å². The number of halogens is 1. The van der Waals surface area contributed by atoms with Crippen LogP contribution in [0.4, 0.5) is 0 Å². The van der Waals surface area contributed by atoms with Gasteiger partial charge in [0.15, 0.2) is 16.7 Å². The predicted octanol–water partition coefficient (Wildman–Crippen LogP) is 4.35. The van der Waals surface area contributed by atoms with E-state index in [0.29, 0.717) is 27.7 Å². The van der Waals surface area contributed by atoms with Gasteiger partial charge < -0.3 is 14.8 Å². The molecule has 0 bridgehead atoms. The van der Waals surface area contributed by atoms with Crippen LogP contribution in [-0.2, 0) is 16.2 Å². The number of hydrogen-bond acceptors (Lipinski definition) is 6. The highest BCUT2D eigenvalue weighted by Gasteiger charge is 2.33. The molecule has 2 amide bonds. The first-order valence-corrected chi connectivity index (χ1v) is 10.8. The highest BCUT2D eigenvalue weighted by Crippen LogP contribution is 2.45. The third-order valence-corrected chi connectivity index (χ3v) is 6.11. The third-order valence-electron chi connectivity index (χ3n) is 4.42. The Morgan fingerprint density at radius 3 is 2.63 bits per heavy atom. The summed E-state index contributed by atoms with van der Waals surface area (Å²) in [5, 5.41) is 8.14. The van der Waals surface area contributed by atoms with Crippen LogP contribution in [0.1, 0.15) is 35.9 Å². The molecule has 0 aromatic heterocycles. The Morgan fingerprint density at radius 1 is 1.27 bits per heavy atom. The van der Waals surface area contributed by atoms with Crippen LogP contribution in [0.15, 0.2) is 46.0 Å². The van der Waals surface area contributed by atoms with Crippen LogP contribution in [0, 0.1) is 6.92 Å². The predicted molar refractivity (Wildman–Crippen MR) is 120 cm³/mol. The summed E-state index contributed by atoms with van der Waals surface area (Å²) in [5.74, 6) is 0.627. The Kier molecular flexibility index (Phi) is 7.04. The van der Waals surface area contributed by atoms with Crippen molar-refractivity contribution in [3.8, 4) is 11.5 Å². The molecule has 0 spiro atoms. The van der Waals surface area contributed by atoms with Gasteiger partial charge >= 0.3 is 0 Å². The minimum absolute atomic E-state index is 0.233. The molecule has 1 atom stereocenters. The number of hydrazone groups is 1. The average Bonchev–Trinajstić information content (AvgIpc) is 3.11. The summed E-state index contributed by atoms with van der Waals surface area (Å²) in [6.45, 7) is 5.26. The zero-order valence-corrected chi connectivity index (χ0v) is 19.5. The maximum atomic E-state index is 12.1. The normalized spacial score (nSPS) is 15.6. The number of benzene rings is 2. The van der Waals surface area contributed by atoms with E-state index in [9.17, 15) is 9.59 Å². The zero-order valence-electron chi connectivity index (χ0n) is 17.1. The van der Waals surface area contributed by atoms with Crippen molar-refractivity contribution in [2.24, 2.45) is 5.10 Å². The van der Waals surface area contributed by atoms with Crippen molar-refractivity contribution in [2.45, 2.75) is 32.8 Å². The molecule has 7 nitrogen and oxygen atoms in total. The number of ether oxygens (including phenoxy) is 2. The number of amidine groups is 1. The van der Waals surface area contributed by atoms with Crippen LogP contribution < -0.4 is 14.8 Å². The van der Waals surface area contributed by atoms with Gasteiger partial charge in [-0.3, -0.25) is 9.59 Å². The van der Waals surface area contributed by atoms with E-state index in [0.717, 1.165) is 16.7 Å². The standard InChI is InChI=1S/C21H22BrN3O4S/c1-12-7-5-6-8-15(12)11-29-19-17(22)9-16(10-18(19)28-4)20-25(14(3)27)24-21(30-20)23-13(2)26/h5-10,20H,11H2,1-4H3,(H,23,24,26)/t20-/m1/s1. The number of nitrogens with zero attached hydrogens (tertiary/aromatic N) is 2. The van der Waals surface area contributed by atoms with Crippen LogP contribution in [0.2, 0.25) is 0 Å². The maximum Gasteiger partial charge on any atom is 0.241 e. The third kappa shape index (κ3) is 4.96. The molecule has 30 heavy (non-hydrogen) atoms. The van der Waals surface area contributed by atoms with Crippen molar-refractivity contribution in [2.75, 3.05) is 7.11 Å². The molecule has 1 aliphatic heterocycles. The second kappa shape index (κ2) is 9.53. The molecule has 0 radical (unpaired) electrons. The number of aryl methyl sites for hydroxylation is 1. The lowest BCUT2D eigenvalue weighted by molar-refractivity contribution is -0.129. The molecular weight excluding hydrogens is 470 g/mol. The number of carbonyl (C=O) groups excluding carboxylic acids is 2. The lowest BCUT2D eigenvalue weighted by Gasteiger charge is -2.21. The summed E-state index contributed by atoms with van der Waals surface area (Å²) >= 11 is 4.85. The van der Waals surface area contributed by atoms with E-state index in [1.807, 2.05) is 43.3 Å². The van der Waals surface area contributed by atoms with E-state index in [-0.39, 0.29) is 11.8 Å². The van der Waals surface area contributed by atoms with E-state index in [4.69, 9.17) is 9.47 Å². The maximum absolute atomic E-state index is 12.1. The number of carbonyl (C=O) groups is 2. The molecule has 3 rings (SSSR count). The lowest BCUT2D eigenvalue weighted by Crippen LogP contribution is -2.25. The molecule has 0 fully saturated rings. The lowest BCUT2D eigenvalue weighted by atomic mass is 10.1. The Morgan fingerprint density at radius 2 is 2.00 bits per heavy atom. The van der Waals surface area contributed by atoms with E-state index in [2.05, 4.69) is 26.3 Å². The van der Waals surface area contributed by atoms with Gasteiger partial charge in [-0.1, -0.05) is 36.0 Å². The first-order chi connectivity index (χ1) is 14.3. The van der Waals surface area contributed by atoms with Gasteiger partial charge in [0.1, 0.15) is 12.0 Å². The van der Waals surface area contributed by atoms with Crippen LogP contribution in [0.5, 0.6) is 11.5 Å². The van der Waals surface area contributed by atoms with E-state index in [1.54, 1.807) is 7.11 Å². The van der Waals surface area contributed by atoms with Gasteiger partial charge in [0.05, 0.1) is 11.6 Å². The molecule has 1 heterocycles. The van der Waals surface area contributed by atoms with Gasteiger partial charge in [-0.05, 0) is 51.7 Å². The Bertz CT molecular complexity index is 1010. The molecule has 2 aromatic rings. The van der Waals surface area contributed by atoms with Gasteiger partial charge in [-0.25, -0.2) is 5.01 Å². The molecule has 1 N–H and O–H groups in total. The molecule has 0 saturated heterocycles. The minimum Gasteiger partial charge on any atom is -0.493 e. The summed E-state index contributed by atoms with van der Waals surface area (Å²) in [4.78, 5) is 23.5. The summed E-state index contributed by atoms with van der Waals surface area (Å²) in [6.07, 6.45) is 0. The van der Waals surface area contributed by atoms with Crippen LogP contribution in [0.25, 0.3) is 0 Å². The second-order valence-electron chi connectivity index (χ2n) is 6.67. The summed E-state index contributed by atoms with van der Waals surface area (Å²) in [5.41, 5.74) is 3.01. The summed E-state index contributed by atoms with van der Waals surface area (Å²) < 4.78 is 12.3. The molecule has 0 unspecified atom stereocenters. The monoisotopic (exact) mass is 491 g/mol. The molecule has 158 valence electrons. The molecule has 9 heteroatoms. The minimum atomic E-state index is -0.431. The Hall–Kier alpha value is -2.52. The van der Waals surface area contributed by atoms with E-state index >= 15 is 0 Å². The fourth-order valence-corrected chi connectivity index (χ4v) is 4.61. The SMILES string of the molecule is COc1cc([C@H]2SC(NC(C)=O)=NN2C(C)=O)cc(Br)c1OCc1ccccc1C. The summed E-state index contributed by atoms with van der Waals surface area (Å²) in [7, 11) is 1.57. The van der Waals surface area contributed by atoms with Crippen molar-refractivity contribution < 1.29 is 19.1 Å². The molecule has 1 aliphatic rings. The largest absolute Gasteiger partial charge is 0.493 e. The van der Waals surface area contributed by atoms with Crippen LogP contribution >= 0.6 is 27.7 Å². The molecule has 0 aliphatic carbocycles. The van der Waals surface area contributed by atoms with Crippen molar-refractivity contribution in [1.29, 1.82) is 0 Å². The molecule has 0 saturated carbocycles. The van der Waals surface area contributed by atoms with Gasteiger partial charge in [0, 0.05) is 13.8 Å². The number of nitrogens with one attached hydrogen (secondary N) is 1. The fourth-order valence-electron chi connectivity index (χ4n) is 2.92. The first-order valence-electron chi connectivity index (χ1n) is 9.17. The van der Waals surface area contributed by atoms with E-state index in [1.165, 1.54) is 30.6 Å².